The summed E-state index contributed by atoms with van der Waals surface area (Å²) in [6.07, 6.45) is 82.1. The molecular weight excluding hydrogens is 925 g/mol. The van der Waals surface area contributed by atoms with Crippen LogP contribution in [0, 0.1) is 0 Å². The van der Waals surface area contributed by atoms with E-state index in [1.165, 1.54) is 193 Å². The molecule has 6 heteroatoms. The summed E-state index contributed by atoms with van der Waals surface area (Å²) in [7, 11) is 0. The second-order valence-electron chi connectivity index (χ2n) is 21.6. The zero-order valence-corrected chi connectivity index (χ0v) is 49.8. The average molecular weight is 1050 g/mol. The minimum atomic E-state index is -0.780. The average Bonchev–Trinajstić information content (AvgIpc) is 3.41. The molecule has 0 amide bonds. The van der Waals surface area contributed by atoms with Gasteiger partial charge in [-0.1, -0.05) is 293 Å². The highest BCUT2D eigenvalue weighted by Crippen LogP contribution is 2.17. The van der Waals surface area contributed by atoms with E-state index >= 15 is 0 Å². The first kappa shape index (κ1) is 71.8. The lowest BCUT2D eigenvalue weighted by Gasteiger charge is -2.18. The number of esters is 3. The molecule has 0 aromatic rings. The lowest BCUT2D eigenvalue weighted by atomic mass is 10.0. The molecule has 0 saturated carbocycles. The van der Waals surface area contributed by atoms with Crippen molar-refractivity contribution >= 4 is 17.9 Å². The van der Waals surface area contributed by atoms with Crippen LogP contribution in [0.25, 0.3) is 0 Å². The highest BCUT2D eigenvalue weighted by Gasteiger charge is 2.19. The SMILES string of the molecule is CC/C=C\C/C=C\C/C=C\C/C=C\C/C=C\CCCCCCCCCC(=O)OC(COC(=O)CCCCCCCCCCC)COC(=O)CCCCCCCCCCCCCCC/C=C\CCCCCCCCCC. The first-order chi connectivity index (χ1) is 37.0. The molecule has 434 valence electrons. The molecule has 1 unspecified atom stereocenters. The van der Waals surface area contributed by atoms with Crippen LogP contribution in [0.4, 0.5) is 0 Å². The van der Waals surface area contributed by atoms with Crippen molar-refractivity contribution in [3.63, 3.8) is 0 Å². The van der Waals surface area contributed by atoms with Crippen LogP contribution in [0.3, 0.4) is 0 Å². The molecule has 1 atom stereocenters. The monoisotopic (exact) mass is 1050 g/mol. The summed E-state index contributed by atoms with van der Waals surface area (Å²) in [6.45, 7) is 6.53. The fourth-order valence-electron chi connectivity index (χ4n) is 9.35. The van der Waals surface area contributed by atoms with Gasteiger partial charge in [-0.25, -0.2) is 0 Å². The van der Waals surface area contributed by atoms with Crippen molar-refractivity contribution in [2.75, 3.05) is 13.2 Å². The van der Waals surface area contributed by atoms with Crippen LogP contribution in [0.5, 0.6) is 0 Å². The van der Waals surface area contributed by atoms with Crippen molar-refractivity contribution in [2.24, 2.45) is 0 Å². The lowest BCUT2D eigenvalue weighted by molar-refractivity contribution is -0.167. The van der Waals surface area contributed by atoms with Crippen molar-refractivity contribution in [1.82, 2.24) is 0 Å². The summed E-state index contributed by atoms with van der Waals surface area (Å²) in [6, 6.07) is 0. The molecule has 0 aliphatic heterocycles. The van der Waals surface area contributed by atoms with E-state index in [-0.39, 0.29) is 31.1 Å². The van der Waals surface area contributed by atoms with E-state index in [2.05, 4.69) is 93.7 Å². The standard InChI is InChI=1S/C69H122O6/c1-4-7-10-13-16-19-21-23-25-27-29-31-33-34-36-37-39-41-43-45-47-50-53-56-59-62-68(71)74-65-66(64-73-67(70)61-58-55-52-49-18-15-12-9-6-3)75-69(72)63-60-57-54-51-48-46-44-42-40-38-35-32-30-28-26-24-22-20-17-14-11-8-5-2/h8,11,17,20,24,26-27,29-30,32,38,40,66H,4-7,9-10,12-16,18-19,21-23,25,28,31,33-37,39,41-65H2,1-3H3/b11-8-,20-17-,26-24-,29-27-,32-30-,40-38-. The van der Waals surface area contributed by atoms with E-state index < -0.39 is 6.10 Å². The maximum absolute atomic E-state index is 12.9. The van der Waals surface area contributed by atoms with Crippen LogP contribution >= 0.6 is 0 Å². The van der Waals surface area contributed by atoms with Crippen molar-refractivity contribution in [3.8, 4) is 0 Å². The molecule has 0 aromatic carbocycles. The van der Waals surface area contributed by atoms with Crippen molar-refractivity contribution in [3.05, 3.63) is 72.9 Å². The van der Waals surface area contributed by atoms with Gasteiger partial charge in [-0.05, 0) is 89.9 Å². The van der Waals surface area contributed by atoms with Crippen LogP contribution in [-0.4, -0.2) is 37.2 Å². The highest BCUT2D eigenvalue weighted by molar-refractivity contribution is 5.71. The second-order valence-corrected chi connectivity index (χ2v) is 21.6. The molecule has 0 N–H and O–H groups in total. The van der Waals surface area contributed by atoms with Crippen LogP contribution in [0.15, 0.2) is 72.9 Å². The van der Waals surface area contributed by atoms with Crippen molar-refractivity contribution in [1.29, 1.82) is 0 Å². The van der Waals surface area contributed by atoms with Gasteiger partial charge in [0.15, 0.2) is 6.10 Å². The number of unbranched alkanes of at least 4 members (excludes halogenated alkanes) is 36. The number of hydrogen-bond donors (Lipinski definition) is 0. The third kappa shape index (κ3) is 61.6. The quantitative estimate of drug-likeness (QED) is 0.0261. The van der Waals surface area contributed by atoms with Gasteiger partial charge in [0.05, 0.1) is 0 Å². The number of ether oxygens (including phenoxy) is 3. The summed E-state index contributed by atoms with van der Waals surface area (Å²) < 4.78 is 16.9. The first-order valence-corrected chi connectivity index (χ1v) is 32.4. The number of carbonyl (C=O) groups is 3. The van der Waals surface area contributed by atoms with Gasteiger partial charge in [-0.3, -0.25) is 14.4 Å². The first-order valence-electron chi connectivity index (χ1n) is 32.4. The Kier molecular flexibility index (Phi) is 60.7. The minimum Gasteiger partial charge on any atom is -0.462 e. The summed E-state index contributed by atoms with van der Waals surface area (Å²) >= 11 is 0. The maximum Gasteiger partial charge on any atom is 0.306 e. The van der Waals surface area contributed by atoms with E-state index in [9.17, 15) is 14.4 Å². The van der Waals surface area contributed by atoms with E-state index in [4.69, 9.17) is 14.2 Å². The molecule has 75 heavy (non-hydrogen) atoms. The minimum absolute atomic E-state index is 0.0771. The van der Waals surface area contributed by atoms with Crippen LogP contribution < -0.4 is 0 Å². The Labute approximate surface area is 465 Å². The van der Waals surface area contributed by atoms with Crippen molar-refractivity contribution < 1.29 is 28.6 Å². The Balaban J connectivity index is 4.21. The third-order valence-electron chi connectivity index (χ3n) is 14.2. The molecule has 0 aromatic heterocycles. The van der Waals surface area contributed by atoms with Crippen LogP contribution in [-0.2, 0) is 28.6 Å². The Bertz CT molecular complexity index is 1390. The topological polar surface area (TPSA) is 78.9 Å². The van der Waals surface area contributed by atoms with Crippen molar-refractivity contribution in [2.45, 2.75) is 335 Å². The molecule has 0 fully saturated rings. The van der Waals surface area contributed by atoms with E-state index in [0.717, 1.165) is 96.3 Å². The Morgan fingerprint density at radius 1 is 0.280 bits per heavy atom. The molecular formula is C69H122O6. The summed E-state index contributed by atoms with van der Waals surface area (Å²) in [5, 5.41) is 0. The number of hydrogen-bond acceptors (Lipinski definition) is 6. The smallest absolute Gasteiger partial charge is 0.306 e. The van der Waals surface area contributed by atoms with Gasteiger partial charge >= 0.3 is 17.9 Å². The summed E-state index contributed by atoms with van der Waals surface area (Å²) in [5.74, 6) is -0.877. The molecule has 0 spiro atoms. The molecule has 0 rings (SSSR count). The molecule has 6 nitrogen and oxygen atoms in total. The van der Waals surface area contributed by atoms with Gasteiger partial charge in [0.25, 0.3) is 0 Å². The Morgan fingerprint density at radius 3 is 0.827 bits per heavy atom. The predicted octanol–water partition coefficient (Wildman–Crippen LogP) is 22.1. The number of carbonyl (C=O) groups excluding carboxylic acids is 3. The number of allylic oxidation sites excluding steroid dienone is 12. The fourth-order valence-corrected chi connectivity index (χ4v) is 9.35. The van der Waals surface area contributed by atoms with Gasteiger partial charge in [0.2, 0.25) is 0 Å². The zero-order chi connectivity index (χ0) is 54.3. The summed E-state index contributed by atoms with van der Waals surface area (Å²) in [4.78, 5) is 38.2. The molecule has 0 aliphatic rings. The fraction of sp³-hybridized carbons (Fsp3) is 0.783. The van der Waals surface area contributed by atoms with Gasteiger partial charge in [-0.2, -0.15) is 0 Å². The van der Waals surface area contributed by atoms with Gasteiger partial charge in [0.1, 0.15) is 13.2 Å². The molecule has 0 saturated heterocycles. The van der Waals surface area contributed by atoms with E-state index in [1.807, 2.05) is 0 Å². The Morgan fingerprint density at radius 2 is 0.520 bits per heavy atom. The normalized spacial score (nSPS) is 12.5. The highest BCUT2D eigenvalue weighted by atomic mass is 16.6. The second kappa shape index (κ2) is 63.4. The molecule has 0 bridgehead atoms. The molecule has 0 aliphatic carbocycles. The van der Waals surface area contributed by atoms with Gasteiger partial charge in [0, 0.05) is 19.3 Å². The number of rotatable bonds is 59. The maximum atomic E-state index is 12.9. The van der Waals surface area contributed by atoms with E-state index in [1.54, 1.807) is 0 Å². The Hall–Kier alpha value is -3.15. The largest absolute Gasteiger partial charge is 0.462 e. The molecule has 0 radical (unpaired) electrons. The molecule has 0 heterocycles. The third-order valence-corrected chi connectivity index (χ3v) is 14.2. The van der Waals surface area contributed by atoms with Gasteiger partial charge < -0.3 is 14.2 Å². The zero-order valence-electron chi connectivity index (χ0n) is 49.8. The van der Waals surface area contributed by atoms with E-state index in [0.29, 0.717) is 19.3 Å². The van der Waals surface area contributed by atoms with Crippen LogP contribution in [0.2, 0.25) is 0 Å². The summed E-state index contributed by atoms with van der Waals surface area (Å²) in [5.41, 5.74) is 0. The lowest BCUT2D eigenvalue weighted by Crippen LogP contribution is -2.30. The van der Waals surface area contributed by atoms with Crippen LogP contribution in [0.1, 0.15) is 329 Å². The predicted molar refractivity (Wildman–Crippen MR) is 325 cm³/mol. The van der Waals surface area contributed by atoms with Gasteiger partial charge in [-0.15, -0.1) is 0 Å².